The van der Waals surface area contributed by atoms with Crippen LogP contribution in [-0.2, 0) is 21.2 Å². The molecule has 0 aliphatic heterocycles. The van der Waals surface area contributed by atoms with Crippen LogP contribution in [0.5, 0.6) is 0 Å². The lowest BCUT2D eigenvalue weighted by Crippen LogP contribution is -2.23. The van der Waals surface area contributed by atoms with Crippen LogP contribution >= 0.6 is 0 Å². The van der Waals surface area contributed by atoms with E-state index in [9.17, 15) is 23.3 Å². The van der Waals surface area contributed by atoms with Crippen LogP contribution in [0.1, 0.15) is 11.1 Å². The summed E-state index contributed by atoms with van der Waals surface area (Å²) in [5.74, 6) is -0.385. The van der Waals surface area contributed by atoms with E-state index in [1.54, 1.807) is 30.3 Å². The quantitative estimate of drug-likeness (QED) is 0.431. The molecule has 0 aromatic heterocycles. The molecule has 0 unspecified atom stereocenters. The van der Waals surface area contributed by atoms with E-state index in [1.807, 2.05) is 0 Å². The van der Waals surface area contributed by atoms with Gasteiger partial charge in [-0.05, 0) is 36.3 Å². The number of amides is 1. The summed E-state index contributed by atoms with van der Waals surface area (Å²) >= 11 is 0. The highest BCUT2D eigenvalue weighted by molar-refractivity contribution is 7.89. The molecule has 2 aromatic carbocycles. The molecule has 0 saturated heterocycles. The third-order valence-electron chi connectivity index (χ3n) is 3.51. The predicted octanol–water partition coefficient (Wildman–Crippen LogP) is 1.61. The molecule has 0 saturated carbocycles. The van der Waals surface area contributed by atoms with E-state index in [0.29, 0.717) is 18.5 Å². The van der Waals surface area contributed by atoms with Crippen molar-refractivity contribution in [2.45, 2.75) is 11.3 Å². The summed E-state index contributed by atoms with van der Waals surface area (Å²) in [6.45, 7) is 0.328. The van der Waals surface area contributed by atoms with Gasteiger partial charge in [-0.1, -0.05) is 24.3 Å². The minimum Gasteiger partial charge on any atom is -0.352 e. The zero-order valence-corrected chi connectivity index (χ0v) is 14.5. The number of para-hydroxylation sites is 1. The summed E-state index contributed by atoms with van der Waals surface area (Å²) in [7, 11) is -3.72. The number of nitro groups is 1. The Bertz CT molecular complexity index is 937. The van der Waals surface area contributed by atoms with E-state index in [-0.39, 0.29) is 16.5 Å². The van der Waals surface area contributed by atoms with E-state index in [4.69, 9.17) is 5.14 Å². The molecule has 0 aliphatic rings. The van der Waals surface area contributed by atoms with Gasteiger partial charge >= 0.3 is 0 Å². The van der Waals surface area contributed by atoms with Crippen LogP contribution in [0.25, 0.3) is 6.08 Å². The lowest BCUT2D eigenvalue weighted by Gasteiger charge is -2.04. The second-order valence-electron chi connectivity index (χ2n) is 5.38. The minimum absolute atomic E-state index is 0.0256. The van der Waals surface area contributed by atoms with Crippen molar-refractivity contribution in [3.63, 3.8) is 0 Å². The van der Waals surface area contributed by atoms with Gasteiger partial charge in [-0.25, -0.2) is 13.6 Å². The summed E-state index contributed by atoms with van der Waals surface area (Å²) in [5, 5.41) is 18.6. The second-order valence-corrected chi connectivity index (χ2v) is 6.94. The lowest BCUT2D eigenvalue weighted by atomic mass is 10.1. The van der Waals surface area contributed by atoms with Crippen molar-refractivity contribution in [2.24, 2.45) is 5.14 Å². The molecule has 2 aromatic rings. The van der Waals surface area contributed by atoms with Gasteiger partial charge < -0.3 is 5.32 Å². The van der Waals surface area contributed by atoms with E-state index in [0.717, 1.165) is 5.56 Å². The Kier molecular flexibility index (Phi) is 6.21. The van der Waals surface area contributed by atoms with Crippen LogP contribution in [0.3, 0.4) is 0 Å². The van der Waals surface area contributed by atoms with Gasteiger partial charge in [-0.2, -0.15) is 0 Å². The molecule has 0 radical (unpaired) electrons. The van der Waals surface area contributed by atoms with Gasteiger partial charge in [0.05, 0.1) is 15.4 Å². The average molecular weight is 375 g/mol. The molecule has 0 atom stereocenters. The first kappa shape index (κ1) is 19.3. The number of benzene rings is 2. The van der Waals surface area contributed by atoms with Gasteiger partial charge in [0.1, 0.15) is 0 Å². The highest BCUT2D eigenvalue weighted by atomic mass is 32.2. The topological polar surface area (TPSA) is 132 Å². The van der Waals surface area contributed by atoms with Gasteiger partial charge in [0.15, 0.2) is 0 Å². The molecule has 0 aliphatic carbocycles. The average Bonchev–Trinajstić information content (AvgIpc) is 2.60. The van der Waals surface area contributed by atoms with Crippen LogP contribution < -0.4 is 10.5 Å². The lowest BCUT2D eigenvalue weighted by molar-refractivity contribution is -0.385. The normalized spacial score (nSPS) is 11.4. The molecule has 3 N–H and O–H groups in total. The number of rotatable bonds is 7. The molecule has 9 heteroatoms. The van der Waals surface area contributed by atoms with Gasteiger partial charge in [-0.15, -0.1) is 0 Å². The van der Waals surface area contributed by atoms with Gasteiger partial charge in [0.25, 0.3) is 5.69 Å². The molecule has 0 bridgehead atoms. The summed E-state index contributed by atoms with van der Waals surface area (Å²) in [5.41, 5.74) is 1.10. The van der Waals surface area contributed by atoms with E-state index >= 15 is 0 Å². The van der Waals surface area contributed by atoms with E-state index in [1.165, 1.54) is 30.4 Å². The number of carbonyl (C=O) groups is 1. The molecule has 0 heterocycles. The Morgan fingerprint density at radius 3 is 2.42 bits per heavy atom. The van der Waals surface area contributed by atoms with Gasteiger partial charge in [0.2, 0.25) is 15.9 Å². The summed E-state index contributed by atoms with van der Waals surface area (Å²) in [4.78, 5) is 22.2. The van der Waals surface area contributed by atoms with Gasteiger partial charge in [0, 0.05) is 18.7 Å². The first-order chi connectivity index (χ1) is 12.3. The molecule has 1 amide bonds. The van der Waals surface area contributed by atoms with Crippen molar-refractivity contribution >= 4 is 27.7 Å². The molecule has 0 spiro atoms. The maximum absolute atomic E-state index is 11.8. The predicted molar refractivity (Wildman–Crippen MR) is 96.7 cm³/mol. The Labute approximate surface area is 150 Å². The number of sulfonamides is 1. The van der Waals surface area contributed by atoms with Crippen LogP contribution in [0.15, 0.2) is 59.5 Å². The largest absolute Gasteiger partial charge is 0.352 e. The standard InChI is InChI=1S/C17H17N3O5S/c18-26(24,25)15-8-5-13(6-9-15)11-12-19-17(21)10-7-14-3-1-2-4-16(14)20(22)23/h1-10H,11-12H2,(H,19,21)(H2,18,24,25)/b10-7+. The number of nitrogens with two attached hydrogens (primary N) is 1. The molecule has 2 rings (SSSR count). The molecule has 0 fully saturated rings. The van der Waals surface area contributed by atoms with E-state index < -0.39 is 14.9 Å². The first-order valence-corrected chi connectivity index (χ1v) is 9.13. The Morgan fingerprint density at radius 1 is 1.15 bits per heavy atom. The Hall–Kier alpha value is -3.04. The second kappa shape index (κ2) is 8.37. The molecular weight excluding hydrogens is 358 g/mol. The summed E-state index contributed by atoms with van der Waals surface area (Å²) in [6.07, 6.45) is 3.11. The van der Waals surface area contributed by atoms with Crippen molar-refractivity contribution in [2.75, 3.05) is 6.54 Å². The summed E-state index contributed by atoms with van der Waals surface area (Å²) < 4.78 is 22.3. The minimum atomic E-state index is -3.72. The fourth-order valence-corrected chi connectivity index (χ4v) is 2.71. The molecule has 8 nitrogen and oxygen atoms in total. The number of nitrogens with one attached hydrogen (secondary N) is 1. The SMILES string of the molecule is NS(=O)(=O)c1ccc(CCNC(=O)/C=C/c2ccccc2[N+](=O)[O-])cc1. The maximum Gasteiger partial charge on any atom is 0.276 e. The fraction of sp³-hybridized carbons (Fsp3) is 0.118. The number of primary sulfonamides is 1. The Morgan fingerprint density at radius 2 is 1.81 bits per heavy atom. The van der Waals surface area contributed by atoms with Crippen molar-refractivity contribution in [1.82, 2.24) is 5.32 Å². The molecule has 136 valence electrons. The van der Waals surface area contributed by atoms with Crippen molar-refractivity contribution in [3.05, 3.63) is 75.8 Å². The van der Waals surface area contributed by atoms with Crippen molar-refractivity contribution in [3.8, 4) is 0 Å². The zero-order chi connectivity index (χ0) is 19.2. The summed E-state index contributed by atoms with van der Waals surface area (Å²) in [6, 6.07) is 12.2. The number of carbonyl (C=O) groups excluding carboxylic acids is 1. The fourth-order valence-electron chi connectivity index (χ4n) is 2.19. The van der Waals surface area contributed by atoms with Crippen LogP contribution in [-0.4, -0.2) is 25.8 Å². The number of hydrogen-bond donors (Lipinski definition) is 2. The van der Waals surface area contributed by atoms with Crippen LogP contribution in [0.4, 0.5) is 5.69 Å². The van der Waals surface area contributed by atoms with Crippen LogP contribution in [0, 0.1) is 10.1 Å². The third-order valence-corrected chi connectivity index (χ3v) is 4.44. The number of nitro benzene ring substituents is 1. The smallest absolute Gasteiger partial charge is 0.276 e. The number of nitrogens with zero attached hydrogens (tertiary/aromatic N) is 1. The highest BCUT2D eigenvalue weighted by Crippen LogP contribution is 2.18. The van der Waals surface area contributed by atoms with Crippen molar-refractivity contribution < 1.29 is 18.1 Å². The Balaban J connectivity index is 1.89. The van der Waals surface area contributed by atoms with Crippen LogP contribution in [0.2, 0.25) is 0 Å². The third kappa shape index (κ3) is 5.50. The van der Waals surface area contributed by atoms with E-state index in [2.05, 4.69) is 5.32 Å². The monoisotopic (exact) mass is 375 g/mol. The first-order valence-electron chi connectivity index (χ1n) is 7.58. The molecule has 26 heavy (non-hydrogen) atoms. The zero-order valence-electron chi connectivity index (χ0n) is 13.7. The maximum atomic E-state index is 11.8. The highest BCUT2D eigenvalue weighted by Gasteiger charge is 2.10. The van der Waals surface area contributed by atoms with Crippen molar-refractivity contribution in [1.29, 1.82) is 0 Å². The molecular formula is C17H17N3O5S. The number of hydrogen-bond acceptors (Lipinski definition) is 5. The van der Waals surface area contributed by atoms with Gasteiger partial charge in [-0.3, -0.25) is 14.9 Å².